The molecule has 0 heterocycles. The van der Waals surface area contributed by atoms with Crippen LogP contribution >= 0.6 is 22.6 Å². The van der Waals surface area contributed by atoms with Gasteiger partial charge in [0.05, 0.1) is 0 Å². The molecule has 1 aliphatic carbocycles. The lowest BCUT2D eigenvalue weighted by atomic mass is 9.95. The molecular formula is C8H15I. The fourth-order valence-electron chi connectivity index (χ4n) is 1.65. The van der Waals surface area contributed by atoms with Crippen molar-refractivity contribution in [3.05, 3.63) is 0 Å². The highest BCUT2D eigenvalue weighted by molar-refractivity contribution is 14.1. The van der Waals surface area contributed by atoms with Crippen molar-refractivity contribution in [2.45, 2.75) is 32.6 Å². The van der Waals surface area contributed by atoms with E-state index in [0.29, 0.717) is 0 Å². The molecule has 0 saturated heterocycles. The maximum absolute atomic E-state index is 2.50. The molecule has 0 aliphatic heterocycles. The molecule has 9 heavy (non-hydrogen) atoms. The van der Waals surface area contributed by atoms with E-state index in [-0.39, 0.29) is 0 Å². The van der Waals surface area contributed by atoms with Gasteiger partial charge in [-0.2, -0.15) is 0 Å². The Morgan fingerprint density at radius 1 is 1.44 bits per heavy atom. The van der Waals surface area contributed by atoms with Crippen LogP contribution in [-0.4, -0.2) is 4.43 Å². The quantitative estimate of drug-likeness (QED) is 0.511. The molecule has 1 saturated carbocycles. The summed E-state index contributed by atoms with van der Waals surface area (Å²) in [5.41, 5.74) is 0. The molecule has 0 radical (unpaired) electrons. The first-order valence-corrected chi connectivity index (χ1v) is 5.43. The van der Waals surface area contributed by atoms with E-state index in [2.05, 4.69) is 29.5 Å². The highest BCUT2D eigenvalue weighted by Gasteiger charge is 2.19. The van der Waals surface area contributed by atoms with Crippen LogP contribution in [0.15, 0.2) is 0 Å². The number of alkyl halides is 1. The van der Waals surface area contributed by atoms with Crippen LogP contribution < -0.4 is 0 Å². The van der Waals surface area contributed by atoms with E-state index in [1.165, 1.54) is 30.1 Å². The summed E-state index contributed by atoms with van der Waals surface area (Å²) in [6.45, 7) is 2.39. The van der Waals surface area contributed by atoms with Crippen molar-refractivity contribution in [1.82, 2.24) is 0 Å². The second-order valence-electron chi connectivity index (χ2n) is 3.18. The Morgan fingerprint density at radius 3 is 2.44 bits per heavy atom. The summed E-state index contributed by atoms with van der Waals surface area (Å²) in [5.74, 6) is 2.05. The molecule has 1 fully saturated rings. The van der Waals surface area contributed by atoms with E-state index in [1.807, 2.05) is 0 Å². The molecule has 0 aromatic rings. The van der Waals surface area contributed by atoms with E-state index >= 15 is 0 Å². The van der Waals surface area contributed by atoms with Crippen molar-refractivity contribution in [2.24, 2.45) is 11.8 Å². The zero-order valence-electron chi connectivity index (χ0n) is 6.07. The summed E-state index contributed by atoms with van der Waals surface area (Å²) in [4.78, 5) is 0. The highest BCUT2D eigenvalue weighted by atomic mass is 127. The molecule has 0 spiro atoms. The van der Waals surface area contributed by atoms with E-state index in [9.17, 15) is 0 Å². The molecule has 1 aliphatic rings. The Morgan fingerprint density at radius 2 is 2.00 bits per heavy atom. The largest absolute Gasteiger partial charge is 0.0861 e. The summed E-state index contributed by atoms with van der Waals surface area (Å²) in [6, 6.07) is 0. The van der Waals surface area contributed by atoms with Gasteiger partial charge in [0.25, 0.3) is 0 Å². The van der Waals surface area contributed by atoms with Gasteiger partial charge in [-0.3, -0.25) is 0 Å². The molecule has 0 aromatic heterocycles. The molecule has 1 atom stereocenters. The Hall–Kier alpha value is 0.730. The van der Waals surface area contributed by atoms with Crippen molar-refractivity contribution < 1.29 is 0 Å². The first kappa shape index (κ1) is 7.83. The third-order valence-electron chi connectivity index (χ3n) is 2.45. The van der Waals surface area contributed by atoms with Crippen LogP contribution in [0.25, 0.3) is 0 Å². The normalized spacial score (nSPS) is 24.7. The zero-order valence-corrected chi connectivity index (χ0v) is 8.23. The van der Waals surface area contributed by atoms with Gasteiger partial charge in [0, 0.05) is 4.43 Å². The van der Waals surface area contributed by atoms with Gasteiger partial charge < -0.3 is 0 Å². The average molecular weight is 238 g/mol. The van der Waals surface area contributed by atoms with Crippen molar-refractivity contribution in [3.8, 4) is 0 Å². The lowest BCUT2D eigenvalue weighted by molar-refractivity contribution is 0.407. The van der Waals surface area contributed by atoms with Crippen LogP contribution in [0.3, 0.4) is 0 Å². The molecule has 0 aromatic carbocycles. The van der Waals surface area contributed by atoms with Crippen LogP contribution in [0.4, 0.5) is 0 Å². The van der Waals surface area contributed by atoms with Gasteiger partial charge in [-0.1, -0.05) is 55.2 Å². The fourth-order valence-corrected chi connectivity index (χ4v) is 2.37. The van der Waals surface area contributed by atoms with E-state index in [1.54, 1.807) is 0 Å². The molecule has 1 heteroatoms. The average Bonchev–Trinajstić information content (AvgIpc) is 2.37. The lowest BCUT2D eigenvalue weighted by Gasteiger charge is -2.14. The molecular weight excluding hydrogens is 223 g/mol. The fraction of sp³-hybridized carbons (Fsp3) is 1.00. The summed E-state index contributed by atoms with van der Waals surface area (Å²) in [7, 11) is 0. The van der Waals surface area contributed by atoms with E-state index in [0.717, 1.165) is 11.8 Å². The predicted molar refractivity (Wildman–Crippen MR) is 50.0 cm³/mol. The molecule has 1 rings (SSSR count). The van der Waals surface area contributed by atoms with Crippen molar-refractivity contribution in [2.75, 3.05) is 4.43 Å². The first-order valence-electron chi connectivity index (χ1n) is 3.90. The van der Waals surface area contributed by atoms with Crippen LogP contribution in [0.1, 0.15) is 32.6 Å². The molecule has 0 unspecified atom stereocenters. The summed E-state index contributed by atoms with van der Waals surface area (Å²) in [5, 5.41) is 0. The van der Waals surface area contributed by atoms with Crippen molar-refractivity contribution >= 4 is 22.6 Å². The number of hydrogen-bond acceptors (Lipinski definition) is 0. The Labute approximate surface area is 71.5 Å². The molecule has 0 amide bonds. The zero-order chi connectivity index (χ0) is 6.69. The van der Waals surface area contributed by atoms with Gasteiger partial charge in [-0.05, 0) is 11.8 Å². The predicted octanol–water partition coefficient (Wildman–Crippen LogP) is 3.25. The standard InChI is InChI=1S/C8H15I/c1-7(6-9)8-4-2-3-5-8/h7-8H,2-6H2,1H3/t7-/m1/s1. The molecule has 0 N–H and O–H groups in total. The summed E-state index contributed by atoms with van der Waals surface area (Å²) in [6.07, 6.45) is 5.99. The van der Waals surface area contributed by atoms with Crippen LogP contribution in [0.5, 0.6) is 0 Å². The number of rotatable bonds is 2. The third-order valence-corrected chi connectivity index (χ3v) is 3.84. The van der Waals surface area contributed by atoms with Crippen LogP contribution in [-0.2, 0) is 0 Å². The van der Waals surface area contributed by atoms with Crippen LogP contribution in [0.2, 0.25) is 0 Å². The second kappa shape index (κ2) is 3.79. The second-order valence-corrected chi connectivity index (χ2v) is 4.06. The molecule has 0 bridgehead atoms. The topological polar surface area (TPSA) is 0 Å². The maximum atomic E-state index is 2.50. The van der Waals surface area contributed by atoms with Gasteiger partial charge in [-0.25, -0.2) is 0 Å². The molecule has 54 valence electrons. The number of hydrogen-bond donors (Lipinski definition) is 0. The molecule has 0 nitrogen and oxygen atoms in total. The van der Waals surface area contributed by atoms with Gasteiger partial charge in [0.1, 0.15) is 0 Å². The monoisotopic (exact) mass is 238 g/mol. The SMILES string of the molecule is C[C@H](CI)C1CCCC1. The Balaban J connectivity index is 2.24. The van der Waals surface area contributed by atoms with E-state index in [4.69, 9.17) is 0 Å². The summed E-state index contributed by atoms with van der Waals surface area (Å²) < 4.78 is 1.35. The number of halogens is 1. The Bertz CT molecular complexity index is 74.6. The van der Waals surface area contributed by atoms with Gasteiger partial charge in [0.2, 0.25) is 0 Å². The van der Waals surface area contributed by atoms with Crippen molar-refractivity contribution in [1.29, 1.82) is 0 Å². The van der Waals surface area contributed by atoms with Gasteiger partial charge in [-0.15, -0.1) is 0 Å². The minimum absolute atomic E-state index is 0.980. The maximum Gasteiger partial charge on any atom is 0.00237 e. The third kappa shape index (κ3) is 2.10. The van der Waals surface area contributed by atoms with E-state index < -0.39 is 0 Å². The smallest absolute Gasteiger partial charge is 0.00237 e. The lowest BCUT2D eigenvalue weighted by Crippen LogP contribution is -2.07. The van der Waals surface area contributed by atoms with Gasteiger partial charge >= 0.3 is 0 Å². The highest BCUT2D eigenvalue weighted by Crippen LogP contribution is 2.31. The summed E-state index contributed by atoms with van der Waals surface area (Å²) >= 11 is 2.50. The Kier molecular flexibility index (Phi) is 3.30. The van der Waals surface area contributed by atoms with Crippen LogP contribution in [0, 0.1) is 11.8 Å². The van der Waals surface area contributed by atoms with Gasteiger partial charge in [0.15, 0.2) is 0 Å². The van der Waals surface area contributed by atoms with Crippen molar-refractivity contribution in [3.63, 3.8) is 0 Å². The minimum Gasteiger partial charge on any atom is -0.0861 e. The first-order chi connectivity index (χ1) is 4.34. The minimum atomic E-state index is 0.980.